The smallest absolute Gasteiger partial charge is 0.276 e. The number of nitrogens with zero attached hydrogens (tertiary/aromatic N) is 3. The summed E-state index contributed by atoms with van der Waals surface area (Å²) in [6.07, 6.45) is 0.256. The Bertz CT molecular complexity index is 926. The van der Waals surface area contributed by atoms with Crippen molar-refractivity contribution < 1.29 is 9.59 Å². The van der Waals surface area contributed by atoms with Crippen molar-refractivity contribution in [3.63, 3.8) is 0 Å². The summed E-state index contributed by atoms with van der Waals surface area (Å²) in [5.41, 5.74) is 2.63. The summed E-state index contributed by atoms with van der Waals surface area (Å²) in [6.45, 7) is 3.74. The molecular formula is C18H19N5O2S. The minimum absolute atomic E-state index is 0.167. The van der Waals surface area contributed by atoms with Gasteiger partial charge in [0.25, 0.3) is 5.91 Å². The van der Waals surface area contributed by atoms with Crippen molar-refractivity contribution >= 4 is 34.9 Å². The van der Waals surface area contributed by atoms with Gasteiger partial charge in [-0.25, -0.2) is 0 Å². The molecule has 0 saturated carbocycles. The van der Waals surface area contributed by atoms with Gasteiger partial charge in [-0.15, -0.1) is 0 Å². The van der Waals surface area contributed by atoms with Gasteiger partial charge in [0, 0.05) is 18.0 Å². The van der Waals surface area contributed by atoms with Crippen LogP contribution < -0.4 is 10.6 Å². The minimum atomic E-state index is -0.337. The number of carbonyl (C=O) groups is 2. The lowest BCUT2D eigenvalue weighted by Gasteiger charge is -2.04. The van der Waals surface area contributed by atoms with E-state index in [1.54, 1.807) is 13.1 Å². The van der Waals surface area contributed by atoms with Gasteiger partial charge in [0.2, 0.25) is 5.91 Å². The van der Waals surface area contributed by atoms with E-state index in [0.717, 1.165) is 16.1 Å². The van der Waals surface area contributed by atoms with Gasteiger partial charge in [0.1, 0.15) is 5.82 Å². The third-order valence-corrected chi connectivity index (χ3v) is 4.70. The molecule has 0 aliphatic heterocycles. The number of hydrogen-bond donors (Lipinski definition) is 2. The quantitative estimate of drug-likeness (QED) is 0.724. The van der Waals surface area contributed by atoms with Crippen LogP contribution in [0.5, 0.6) is 0 Å². The standard InChI is InChI=1S/C18H19N5O2S/c1-11-17(12(2)26-22-11)20-18(25)14-10-15(23(3)21-14)19-16(24)9-13-7-5-4-6-8-13/h4-8,10H,9H2,1-3H3,(H,19,24)(H,20,25). The fourth-order valence-corrected chi connectivity index (χ4v) is 3.16. The van der Waals surface area contributed by atoms with Crippen molar-refractivity contribution in [2.24, 2.45) is 7.05 Å². The lowest BCUT2D eigenvalue weighted by atomic mass is 10.1. The van der Waals surface area contributed by atoms with Crippen LogP contribution in [0.3, 0.4) is 0 Å². The molecule has 3 rings (SSSR count). The largest absolute Gasteiger partial charge is 0.318 e. The Labute approximate surface area is 155 Å². The minimum Gasteiger partial charge on any atom is -0.318 e. The van der Waals surface area contributed by atoms with Gasteiger partial charge in [-0.2, -0.15) is 9.47 Å². The van der Waals surface area contributed by atoms with E-state index in [-0.39, 0.29) is 23.9 Å². The third kappa shape index (κ3) is 3.97. The summed E-state index contributed by atoms with van der Waals surface area (Å²) in [7, 11) is 1.68. The van der Waals surface area contributed by atoms with E-state index in [1.165, 1.54) is 16.2 Å². The lowest BCUT2D eigenvalue weighted by molar-refractivity contribution is -0.115. The summed E-state index contributed by atoms with van der Waals surface area (Å²) < 4.78 is 5.68. The molecule has 3 aromatic rings. The number of anilines is 2. The molecule has 0 radical (unpaired) electrons. The van der Waals surface area contributed by atoms with Gasteiger partial charge in [-0.1, -0.05) is 30.3 Å². The zero-order valence-electron chi connectivity index (χ0n) is 14.7. The number of carbonyl (C=O) groups excluding carboxylic acids is 2. The fraction of sp³-hybridized carbons (Fsp3) is 0.222. The molecule has 2 aromatic heterocycles. The summed E-state index contributed by atoms with van der Waals surface area (Å²) in [4.78, 5) is 25.6. The van der Waals surface area contributed by atoms with Crippen molar-refractivity contribution in [1.29, 1.82) is 0 Å². The number of nitrogens with one attached hydrogen (secondary N) is 2. The highest BCUT2D eigenvalue weighted by molar-refractivity contribution is 7.06. The van der Waals surface area contributed by atoms with E-state index >= 15 is 0 Å². The second-order valence-electron chi connectivity index (χ2n) is 5.90. The number of benzene rings is 1. The van der Waals surface area contributed by atoms with Gasteiger partial charge in [0.05, 0.1) is 17.8 Å². The molecule has 0 saturated heterocycles. The van der Waals surface area contributed by atoms with E-state index in [4.69, 9.17) is 0 Å². The van der Waals surface area contributed by atoms with Crippen LogP contribution >= 0.6 is 11.5 Å². The van der Waals surface area contributed by atoms with E-state index < -0.39 is 0 Å². The molecule has 0 unspecified atom stereocenters. The average Bonchev–Trinajstić information content (AvgIpc) is 3.13. The van der Waals surface area contributed by atoms with Crippen molar-refractivity contribution in [2.75, 3.05) is 10.6 Å². The first-order valence-corrected chi connectivity index (χ1v) is 8.83. The molecular weight excluding hydrogens is 350 g/mol. The molecule has 0 aliphatic rings. The molecule has 134 valence electrons. The summed E-state index contributed by atoms with van der Waals surface area (Å²) >= 11 is 1.34. The maximum Gasteiger partial charge on any atom is 0.276 e. The van der Waals surface area contributed by atoms with Gasteiger partial charge < -0.3 is 10.6 Å². The van der Waals surface area contributed by atoms with Crippen molar-refractivity contribution in [3.8, 4) is 0 Å². The van der Waals surface area contributed by atoms with Crippen LogP contribution in [0.2, 0.25) is 0 Å². The molecule has 0 spiro atoms. The Hall–Kier alpha value is -3.00. The molecule has 1 aromatic carbocycles. The monoisotopic (exact) mass is 369 g/mol. The second-order valence-corrected chi connectivity index (χ2v) is 6.88. The van der Waals surface area contributed by atoms with Crippen LogP contribution in [0.1, 0.15) is 26.6 Å². The molecule has 2 amide bonds. The van der Waals surface area contributed by atoms with Crippen LogP contribution in [0.25, 0.3) is 0 Å². The lowest BCUT2D eigenvalue weighted by Crippen LogP contribution is -2.16. The summed E-state index contributed by atoms with van der Waals surface area (Å²) in [6, 6.07) is 11.0. The number of hydrogen-bond acceptors (Lipinski definition) is 5. The predicted molar refractivity (Wildman–Crippen MR) is 102 cm³/mol. The average molecular weight is 369 g/mol. The Balaban J connectivity index is 1.68. The van der Waals surface area contributed by atoms with Gasteiger partial charge in [0.15, 0.2) is 5.69 Å². The Morgan fingerprint density at radius 2 is 1.88 bits per heavy atom. The molecule has 2 heterocycles. The number of rotatable bonds is 5. The number of aryl methyl sites for hydroxylation is 3. The van der Waals surface area contributed by atoms with Crippen molar-refractivity contribution in [3.05, 3.63) is 58.2 Å². The number of amides is 2. The van der Waals surface area contributed by atoms with Crippen LogP contribution in [-0.2, 0) is 18.3 Å². The first kappa shape index (κ1) is 17.8. The molecule has 8 heteroatoms. The maximum absolute atomic E-state index is 12.4. The van der Waals surface area contributed by atoms with E-state index in [0.29, 0.717) is 11.5 Å². The highest BCUT2D eigenvalue weighted by Gasteiger charge is 2.17. The van der Waals surface area contributed by atoms with E-state index in [1.807, 2.05) is 44.2 Å². The Morgan fingerprint density at radius 1 is 1.15 bits per heavy atom. The van der Waals surface area contributed by atoms with Crippen molar-refractivity contribution in [1.82, 2.24) is 14.2 Å². The molecule has 0 bridgehead atoms. The molecule has 2 N–H and O–H groups in total. The highest BCUT2D eigenvalue weighted by Crippen LogP contribution is 2.23. The summed E-state index contributed by atoms with van der Waals surface area (Å²) in [5, 5.41) is 9.80. The second kappa shape index (κ2) is 7.49. The SMILES string of the molecule is Cc1nsc(C)c1NC(=O)c1cc(NC(=O)Cc2ccccc2)n(C)n1. The molecule has 0 aliphatic carbocycles. The fourth-order valence-electron chi connectivity index (χ4n) is 2.50. The van der Waals surface area contributed by atoms with E-state index in [9.17, 15) is 9.59 Å². The third-order valence-electron chi connectivity index (χ3n) is 3.86. The molecule has 0 fully saturated rings. The Morgan fingerprint density at radius 3 is 2.54 bits per heavy atom. The summed E-state index contributed by atoms with van der Waals surface area (Å²) in [5.74, 6) is -0.0385. The first-order chi connectivity index (χ1) is 12.4. The molecule has 0 atom stereocenters. The van der Waals surface area contributed by atoms with Crippen molar-refractivity contribution in [2.45, 2.75) is 20.3 Å². The topological polar surface area (TPSA) is 88.9 Å². The number of aromatic nitrogens is 3. The van der Waals surface area contributed by atoms with Gasteiger partial charge >= 0.3 is 0 Å². The van der Waals surface area contributed by atoms with Crippen LogP contribution in [-0.4, -0.2) is 26.0 Å². The van der Waals surface area contributed by atoms with Crippen LogP contribution in [0, 0.1) is 13.8 Å². The molecule has 26 heavy (non-hydrogen) atoms. The van der Waals surface area contributed by atoms with E-state index in [2.05, 4.69) is 20.1 Å². The maximum atomic E-state index is 12.4. The zero-order chi connectivity index (χ0) is 18.7. The Kier molecular flexibility index (Phi) is 5.13. The van der Waals surface area contributed by atoms with Gasteiger partial charge in [-0.05, 0) is 30.9 Å². The van der Waals surface area contributed by atoms with Crippen LogP contribution in [0.4, 0.5) is 11.5 Å². The highest BCUT2D eigenvalue weighted by atomic mass is 32.1. The zero-order valence-corrected chi connectivity index (χ0v) is 15.6. The predicted octanol–water partition coefficient (Wildman–Crippen LogP) is 2.93. The van der Waals surface area contributed by atoms with Gasteiger partial charge in [-0.3, -0.25) is 14.3 Å². The molecule has 7 nitrogen and oxygen atoms in total. The van der Waals surface area contributed by atoms with Crippen LogP contribution in [0.15, 0.2) is 36.4 Å². The first-order valence-electron chi connectivity index (χ1n) is 8.06. The normalized spacial score (nSPS) is 10.6.